The Bertz CT molecular complexity index is 856. The number of anilines is 1. The second-order valence-corrected chi connectivity index (χ2v) is 5.83. The van der Waals surface area contributed by atoms with Crippen LogP contribution in [0.1, 0.15) is 18.6 Å². The molecule has 3 nitrogen and oxygen atoms in total. The Balaban J connectivity index is 1.65. The van der Waals surface area contributed by atoms with Crippen molar-refractivity contribution in [2.75, 3.05) is 5.32 Å². The summed E-state index contributed by atoms with van der Waals surface area (Å²) < 4.78 is 5.56. The number of amides is 1. The molecule has 3 aromatic rings. The van der Waals surface area contributed by atoms with Gasteiger partial charge in [-0.15, -0.1) is 0 Å². The molecule has 0 spiro atoms. The largest absolute Gasteiger partial charge is 0.437 e. The zero-order valence-corrected chi connectivity index (χ0v) is 14.6. The van der Waals surface area contributed by atoms with Crippen molar-refractivity contribution in [2.45, 2.75) is 13.0 Å². The van der Waals surface area contributed by atoms with Crippen LogP contribution >= 0.6 is 0 Å². The summed E-state index contributed by atoms with van der Waals surface area (Å²) in [7, 11) is 0. The van der Waals surface area contributed by atoms with Crippen LogP contribution in [0.25, 0.3) is 11.1 Å². The first-order chi connectivity index (χ1) is 12.8. The number of allylic oxidation sites excluding steroid dienone is 1. The van der Waals surface area contributed by atoms with Crippen LogP contribution in [0, 0.1) is 0 Å². The molecule has 1 amide bonds. The first-order valence-corrected chi connectivity index (χ1v) is 8.57. The van der Waals surface area contributed by atoms with E-state index < -0.39 is 12.2 Å². The van der Waals surface area contributed by atoms with Gasteiger partial charge >= 0.3 is 6.09 Å². The van der Waals surface area contributed by atoms with Crippen LogP contribution in [0.3, 0.4) is 0 Å². The molecule has 3 heteroatoms. The molecule has 1 atom stereocenters. The van der Waals surface area contributed by atoms with E-state index in [9.17, 15) is 4.79 Å². The van der Waals surface area contributed by atoms with Gasteiger partial charge in [0.2, 0.25) is 0 Å². The van der Waals surface area contributed by atoms with E-state index in [4.69, 9.17) is 4.74 Å². The van der Waals surface area contributed by atoms with Crippen molar-refractivity contribution < 1.29 is 9.53 Å². The van der Waals surface area contributed by atoms with Gasteiger partial charge in [0.05, 0.1) is 0 Å². The zero-order chi connectivity index (χ0) is 18.2. The lowest BCUT2D eigenvalue weighted by Crippen LogP contribution is -2.16. The summed E-state index contributed by atoms with van der Waals surface area (Å²) in [4.78, 5) is 12.3. The molecule has 0 aromatic heterocycles. The normalized spacial score (nSPS) is 11.9. The summed E-state index contributed by atoms with van der Waals surface area (Å²) >= 11 is 0. The zero-order valence-electron chi connectivity index (χ0n) is 14.6. The van der Waals surface area contributed by atoms with Crippen molar-refractivity contribution in [2.24, 2.45) is 0 Å². The monoisotopic (exact) mass is 343 g/mol. The van der Waals surface area contributed by atoms with Crippen molar-refractivity contribution in [3.05, 3.63) is 103 Å². The average molecular weight is 343 g/mol. The van der Waals surface area contributed by atoms with Gasteiger partial charge in [-0.25, -0.2) is 4.79 Å². The van der Waals surface area contributed by atoms with Crippen LogP contribution in [-0.4, -0.2) is 6.09 Å². The van der Waals surface area contributed by atoms with E-state index in [1.807, 2.05) is 91.9 Å². The Morgan fingerprint density at radius 1 is 0.846 bits per heavy atom. The van der Waals surface area contributed by atoms with Crippen LogP contribution in [0.4, 0.5) is 10.5 Å². The van der Waals surface area contributed by atoms with Crippen molar-refractivity contribution in [1.82, 2.24) is 0 Å². The topological polar surface area (TPSA) is 38.3 Å². The van der Waals surface area contributed by atoms with Crippen molar-refractivity contribution in [3.63, 3.8) is 0 Å². The Labute approximate surface area is 154 Å². The molecule has 0 aliphatic heterocycles. The van der Waals surface area contributed by atoms with Gasteiger partial charge in [-0.05, 0) is 41.8 Å². The highest BCUT2D eigenvalue weighted by Gasteiger charge is 2.13. The number of carbonyl (C=O) groups excluding carboxylic acids is 1. The van der Waals surface area contributed by atoms with Crippen LogP contribution in [0.5, 0.6) is 0 Å². The van der Waals surface area contributed by atoms with Gasteiger partial charge < -0.3 is 4.74 Å². The molecule has 0 radical (unpaired) electrons. The maximum atomic E-state index is 12.3. The van der Waals surface area contributed by atoms with E-state index in [1.165, 1.54) is 0 Å². The van der Waals surface area contributed by atoms with Crippen LogP contribution in [0.15, 0.2) is 97.1 Å². The maximum absolute atomic E-state index is 12.3. The Morgan fingerprint density at radius 3 is 2.04 bits per heavy atom. The van der Waals surface area contributed by atoms with E-state index in [1.54, 1.807) is 0 Å². The molecule has 3 aromatic carbocycles. The van der Waals surface area contributed by atoms with Gasteiger partial charge in [0, 0.05) is 5.69 Å². The second kappa shape index (κ2) is 8.67. The van der Waals surface area contributed by atoms with Gasteiger partial charge in [-0.1, -0.05) is 78.9 Å². The van der Waals surface area contributed by atoms with Crippen molar-refractivity contribution in [3.8, 4) is 11.1 Å². The Hall–Kier alpha value is -3.33. The lowest BCUT2D eigenvalue weighted by Gasteiger charge is -2.15. The molecule has 0 fully saturated rings. The third-order valence-corrected chi connectivity index (χ3v) is 3.97. The molecule has 0 saturated heterocycles. The van der Waals surface area contributed by atoms with Gasteiger partial charge in [-0.2, -0.15) is 0 Å². The van der Waals surface area contributed by atoms with Gasteiger partial charge in [0.15, 0.2) is 0 Å². The van der Waals surface area contributed by atoms with Gasteiger partial charge in [-0.3, -0.25) is 5.32 Å². The molecule has 26 heavy (non-hydrogen) atoms. The number of rotatable bonds is 5. The molecular formula is C23H21NO2. The van der Waals surface area contributed by atoms with E-state index in [0.29, 0.717) is 5.69 Å². The van der Waals surface area contributed by atoms with Crippen molar-refractivity contribution >= 4 is 11.8 Å². The molecule has 0 unspecified atom stereocenters. The van der Waals surface area contributed by atoms with Crippen LogP contribution < -0.4 is 5.32 Å². The third kappa shape index (κ3) is 4.61. The average Bonchev–Trinajstić information content (AvgIpc) is 2.69. The molecule has 0 heterocycles. The predicted octanol–water partition coefficient (Wildman–Crippen LogP) is 6.22. The number of benzene rings is 3. The summed E-state index contributed by atoms with van der Waals surface area (Å²) in [5.41, 5.74) is 3.86. The third-order valence-electron chi connectivity index (χ3n) is 3.97. The van der Waals surface area contributed by atoms with Gasteiger partial charge in [0.1, 0.15) is 6.10 Å². The molecule has 0 aliphatic rings. The minimum atomic E-state index is -0.482. The van der Waals surface area contributed by atoms with Crippen LogP contribution in [-0.2, 0) is 4.74 Å². The molecule has 0 bridgehead atoms. The fraction of sp³-hybridized carbons (Fsp3) is 0.0870. The summed E-state index contributed by atoms with van der Waals surface area (Å²) in [6, 6.07) is 27.5. The lowest BCUT2D eigenvalue weighted by atomic mass is 10.1. The summed E-state index contributed by atoms with van der Waals surface area (Å²) in [5, 5.41) is 2.78. The Kier molecular flexibility index (Phi) is 5.84. The summed E-state index contributed by atoms with van der Waals surface area (Å²) in [6.45, 7) is 1.90. The second-order valence-electron chi connectivity index (χ2n) is 5.83. The standard InChI is InChI=1S/C23H21NO2/c1-2-9-22(20-12-7-4-8-13-20)26-23(25)24-21-16-14-19(15-17-21)18-10-5-3-6-11-18/h2-17,22H,1H3,(H,24,25)/b9-2+/t22-/m0/s1. The fourth-order valence-electron chi connectivity index (χ4n) is 2.68. The molecular weight excluding hydrogens is 322 g/mol. The summed E-state index contributed by atoms with van der Waals surface area (Å²) in [5.74, 6) is 0. The lowest BCUT2D eigenvalue weighted by molar-refractivity contribution is 0.134. The smallest absolute Gasteiger partial charge is 0.412 e. The minimum Gasteiger partial charge on any atom is -0.437 e. The number of hydrogen-bond acceptors (Lipinski definition) is 2. The van der Waals surface area contributed by atoms with E-state index >= 15 is 0 Å². The van der Waals surface area contributed by atoms with Crippen molar-refractivity contribution in [1.29, 1.82) is 0 Å². The Morgan fingerprint density at radius 2 is 1.42 bits per heavy atom. The predicted molar refractivity (Wildman–Crippen MR) is 106 cm³/mol. The first-order valence-electron chi connectivity index (χ1n) is 8.57. The van der Waals surface area contributed by atoms with Crippen LogP contribution in [0.2, 0.25) is 0 Å². The summed E-state index contributed by atoms with van der Waals surface area (Å²) in [6.07, 6.45) is 2.83. The SMILES string of the molecule is C/C=C/[C@H](OC(=O)Nc1ccc(-c2ccccc2)cc1)c1ccccc1. The van der Waals surface area contributed by atoms with E-state index in [2.05, 4.69) is 17.4 Å². The highest BCUT2D eigenvalue weighted by atomic mass is 16.6. The van der Waals surface area contributed by atoms with Gasteiger partial charge in [0.25, 0.3) is 0 Å². The number of nitrogens with one attached hydrogen (secondary N) is 1. The minimum absolute atomic E-state index is 0.412. The van der Waals surface area contributed by atoms with E-state index in [-0.39, 0.29) is 0 Å². The molecule has 0 saturated carbocycles. The molecule has 130 valence electrons. The highest BCUT2D eigenvalue weighted by molar-refractivity contribution is 5.85. The number of ether oxygens (including phenoxy) is 1. The number of hydrogen-bond donors (Lipinski definition) is 1. The highest BCUT2D eigenvalue weighted by Crippen LogP contribution is 2.22. The molecule has 0 aliphatic carbocycles. The molecule has 3 rings (SSSR count). The molecule has 1 N–H and O–H groups in total. The first kappa shape index (κ1) is 17.5. The number of carbonyl (C=O) groups is 1. The fourth-order valence-corrected chi connectivity index (χ4v) is 2.68. The quantitative estimate of drug-likeness (QED) is 0.559. The van der Waals surface area contributed by atoms with E-state index in [0.717, 1.165) is 16.7 Å². The maximum Gasteiger partial charge on any atom is 0.412 e.